The summed E-state index contributed by atoms with van der Waals surface area (Å²) in [5.74, 6) is 3.60. The molecule has 0 radical (unpaired) electrons. The Kier molecular flexibility index (Phi) is 7.31. The van der Waals surface area contributed by atoms with Crippen LogP contribution in [0, 0.1) is 35.0 Å². The van der Waals surface area contributed by atoms with Gasteiger partial charge < -0.3 is 5.11 Å². The Labute approximate surface area is 180 Å². The smallest absolute Gasteiger partial charge is 0.0615 e. The van der Waals surface area contributed by atoms with Crippen LogP contribution in [0.2, 0.25) is 0 Å². The number of hydrogen-bond donors (Lipinski definition) is 1. The highest BCUT2D eigenvalue weighted by molar-refractivity contribution is 5.37. The number of allylic oxidation sites excluding steroid dienone is 6. The zero-order valence-corrected chi connectivity index (χ0v) is 19.7. The SMILES string of the molecule is CC1=CC[C@H](O)C/C1=C\C=C1/CCC[C@]2(C)[C@@H]([C@H](C)/C=C/[C@H](C)C(C)C)CC[C@@H]12. The minimum Gasteiger partial charge on any atom is -0.392 e. The fourth-order valence-corrected chi connectivity index (χ4v) is 6.20. The third-order valence-electron chi connectivity index (χ3n) is 8.60. The minimum absolute atomic E-state index is 0.197. The van der Waals surface area contributed by atoms with E-state index in [2.05, 4.69) is 71.9 Å². The van der Waals surface area contributed by atoms with Gasteiger partial charge in [0.05, 0.1) is 6.10 Å². The van der Waals surface area contributed by atoms with E-state index in [1.807, 2.05) is 0 Å². The lowest BCUT2D eigenvalue weighted by atomic mass is 9.61. The van der Waals surface area contributed by atoms with Crippen LogP contribution in [0.4, 0.5) is 0 Å². The van der Waals surface area contributed by atoms with Gasteiger partial charge in [0.15, 0.2) is 0 Å². The van der Waals surface area contributed by atoms with Crippen LogP contribution in [0.25, 0.3) is 0 Å². The molecule has 3 aliphatic rings. The summed E-state index contributed by atoms with van der Waals surface area (Å²) in [7, 11) is 0. The first-order valence-corrected chi connectivity index (χ1v) is 12.2. The molecule has 1 nitrogen and oxygen atoms in total. The van der Waals surface area contributed by atoms with E-state index >= 15 is 0 Å². The average Bonchev–Trinajstić information content (AvgIpc) is 3.04. The molecule has 3 rings (SSSR count). The molecule has 0 aromatic rings. The molecular weight excluding hydrogens is 352 g/mol. The summed E-state index contributed by atoms with van der Waals surface area (Å²) in [6.07, 6.45) is 20.1. The number of hydrogen-bond acceptors (Lipinski definition) is 1. The van der Waals surface area contributed by atoms with Gasteiger partial charge in [0, 0.05) is 0 Å². The third kappa shape index (κ3) is 4.98. The van der Waals surface area contributed by atoms with E-state index in [0.29, 0.717) is 17.3 Å². The van der Waals surface area contributed by atoms with Crippen molar-refractivity contribution in [2.24, 2.45) is 35.0 Å². The summed E-state index contributed by atoms with van der Waals surface area (Å²) in [6.45, 7) is 14.2. The van der Waals surface area contributed by atoms with Gasteiger partial charge in [0.2, 0.25) is 0 Å². The number of fused-ring (bicyclic) bond motifs is 1. The highest BCUT2D eigenvalue weighted by Gasteiger charge is 2.50. The van der Waals surface area contributed by atoms with Gasteiger partial charge in [-0.3, -0.25) is 0 Å². The maximum atomic E-state index is 10.0. The second kappa shape index (κ2) is 9.38. The van der Waals surface area contributed by atoms with Crippen molar-refractivity contribution in [1.82, 2.24) is 0 Å². The second-order valence-corrected chi connectivity index (χ2v) is 10.9. The normalized spacial score (nSPS) is 37.9. The van der Waals surface area contributed by atoms with Crippen LogP contribution in [0.3, 0.4) is 0 Å². The lowest BCUT2D eigenvalue weighted by molar-refractivity contribution is 0.112. The van der Waals surface area contributed by atoms with E-state index in [1.54, 1.807) is 5.57 Å². The number of rotatable bonds is 5. The maximum Gasteiger partial charge on any atom is 0.0615 e. The van der Waals surface area contributed by atoms with E-state index in [4.69, 9.17) is 0 Å². The highest BCUT2D eigenvalue weighted by atomic mass is 16.3. The first kappa shape index (κ1) is 22.6. The summed E-state index contributed by atoms with van der Waals surface area (Å²) >= 11 is 0. The fraction of sp³-hybridized carbons (Fsp3) is 0.714. The molecule has 1 N–H and O–H groups in total. The summed E-state index contributed by atoms with van der Waals surface area (Å²) in [5, 5.41) is 10.0. The van der Waals surface area contributed by atoms with Gasteiger partial charge in [-0.15, -0.1) is 0 Å². The molecule has 0 heterocycles. The van der Waals surface area contributed by atoms with Crippen LogP contribution in [0.15, 0.2) is 47.1 Å². The number of aliphatic hydroxyl groups is 1. The quantitative estimate of drug-likeness (QED) is 0.473. The van der Waals surface area contributed by atoms with E-state index < -0.39 is 0 Å². The predicted molar refractivity (Wildman–Crippen MR) is 126 cm³/mol. The minimum atomic E-state index is -0.197. The molecule has 0 spiro atoms. The molecule has 1 heteroatoms. The van der Waals surface area contributed by atoms with Crippen molar-refractivity contribution >= 4 is 0 Å². The summed E-state index contributed by atoms with van der Waals surface area (Å²) in [4.78, 5) is 0. The maximum absolute atomic E-state index is 10.0. The molecule has 0 aromatic heterocycles. The van der Waals surface area contributed by atoms with Crippen LogP contribution in [-0.4, -0.2) is 11.2 Å². The van der Waals surface area contributed by atoms with Crippen molar-refractivity contribution < 1.29 is 5.11 Å². The second-order valence-electron chi connectivity index (χ2n) is 10.9. The van der Waals surface area contributed by atoms with Gasteiger partial charge in [0.25, 0.3) is 0 Å². The lowest BCUT2D eigenvalue weighted by Crippen LogP contribution is -2.35. The van der Waals surface area contributed by atoms with Crippen LogP contribution in [0.5, 0.6) is 0 Å². The molecule has 2 fully saturated rings. The van der Waals surface area contributed by atoms with Crippen molar-refractivity contribution in [2.75, 3.05) is 0 Å². The molecular formula is C28H44O. The van der Waals surface area contributed by atoms with Crippen molar-refractivity contribution in [1.29, 1.82) is 0 Å². The molecule has 2 saturated carbocycles. The molecule has 0 amide bonds. The van der Waals surface area contributed by atoms with E-state index in [1.165, 1.54) is 43.3 Å². The monoisotopic (exact) mass is 396 g/mol. The topological polar surface area (TPSA) is 20.2 Å². The van der Waals surface area contributed by atoms with Gasteiger partial charge in [-0.2, -0.15) is 0 Å². The zero-order chi connectivity index (χ0) is 21.2. The molecule has 162 valence electrons. The largest absolute Gasteiger partial charge is 0.392 e. The summed E-state index contributed by atoms with van der Waals surface area (Å²) in [5.41, 5.74) is 4.81. The van der Waals surface area contributed by atoms with Gasteiger partial charge in [-0.1, -0.05) is 76.1 Å². The Hall–Kier alpha value is -1.08. The molecule has 0 aliphatic heterocycles. The van der Waals surface area contributed by atoms with Gasteiger partial charge >= 0.3 is 0 Å². The molecule has 0 bridgehead atoms. The molecule has 0 unspecified atom stereocenters. The van der Waals surface area contributed by atoms with Gasteiger partial charge in [0.1, 0.15) is 0 Å². The Morgan fingerprint density at radius 3 is 2.59 bits per heavy atom. The van der Waals surface area contributed by atoms with Crippen LogP contribution in [0.1, 0.15) is 86.5 Å². The fourth-order valence-electron chi connectivity index (χ4n) is 6.20. The standard InChI is InChI=1S/C28H44O/c1-19(2)20(3)9-10-22(5)26-15-16-27-23(8-7-17-28(26,27)6)12-13-24-18-25(29)14-11-21(24)4/h9-13,19-20,22,25-27,29H,7-8,14-18H2,1-6H3/b10-9+,23-12+,24-13+/t20-,22+,25-,26+,27-,28+/m0/s1. The number of aliphatic hydroxyl groups excluding tert-OH is 1. The molecule has 3 aliphatic carbocycles. The highest BCUT2D eigenvalue weighted by Crippen LogP contribution is 2.59. The Bertz CT molecular complexity index is 691. The van der Waals surface area contributed by atoms with Crippen molar-refractivity contribution in [2.45, 2.75) is 92.6 Å². The van der Waals surface area contributed by atoms with Gasteiger partial charge in [-0.05, 0) is 92.4 Å². The van der Waals surface area contributed by atoms with Crippen LogP contribution < -0.4 is 0 Å². The van der Waals surface area contributed by atoms with Gasteiger partial charge in [-0.25, -0.2) is 0 Å². The zero-order valence-electron chi connectivity index (χ0n) is 19.7. The van der Waals surface area contributed by atoms with E-state index in [9.17, 15) is 5.11 Å². The summed E-state index contributed by atoms with van der Waals surface area (Å²) < 4.78 is 0. The first-order valence-electron chi connectivity index (χ1n) is 12.2. The third-order valence-corrected chi connectivity index (χ3v) is 8.60. The van der Waals surface area contributed by atoms with E-state index in [0.717, 1.165) is 30.6 Å². The average molecular weight is 397 g/mol. The molecule has 0 saturated heterocycles. The molecule has 29 heavy (non-hydrogen) atoms. The van der Waals surface area contributed by atoms with Crippen molar-refractivity contribution in [3.8, 4) is 0 Å². The Balaban J connectivity index is 1.76. The Morgan fingerprint density at radius 2 is 1.86 bits per heavy atom. The first-order chi connectivity index (χ1) is 13.7. The lowest BCUT2D eigenvalue weighted by Gasteiger charge is -2.44. The summed E-state index contributed by atoms with van der Waals surface area (Å²) in [6, 6.07) is 0. The molecule has 0 aromatic carbocycles. The van der Waals surface area contributed by atoms with E-state index in [-0.39, 0.29) is 6.10 Å². The van der Waals surface area contributed by atoms with Crippen molar-refractivity contribution in [3.05, 3.63) is 47.1 Å². The van der Waals surface area contributed by atoms with Crippen LogP contribution >= 0.6 is 0 Å². The molecule has 6 atom stereocenters. The van der Waals surface area contributed by atoms with Crippen LogP contribution in [-0.2, 0) is 0 Å². The Morgan fingerprint density at radius 1 is 1.10 bits per heavy atom. The van der Waals surface area contributed by atoms with Crippen molar-refractivity contribution in [3.63, 3.8) is 0 Å². The predicted octanol–water partition coefficient (Wildman–Crippen LogP) is 7.64.